The number of hydrogen-bond donors (Lipinski definition) is 1. The van der Waals surface area contributed by atoms with Crippen molar-refractivity contribution >= 4 is 47.2 Å². The minimum Gasteiger partial charge on any atom is -0.178 e. The summed E-state index contributed by atoms with van der Waals surface area (Å²) in [7, 11) is -2.98. The van der Waals surface area contributed by atoms with Gasteiger partial charge in [-0.15, -0.1) is 0 Å². The molecule has 5 aromatic carbocycles. The molecule has 0 aliphatic heterocycles. The average Bonchev–Trinajstić information content (AvgIpc) is 2.96. The molecule has 5 rings (SSSR count). The first kappa shape index (κ1) is 26.5. The highest BCUT2D eigenvalue weighted by molar-refractivity contribution is 7.96. The van der Waals surface area contributed by atoms with Crippen molar-refractivity contribution in [2.45, 2.75) is 20.8 Å². The van der Waals surface area contributed by atoms with Gasteiger partial charge in [0.15, 0.2) is 7.41 Å². The molecule has 3 heteroatoms. The molecule has 0 aromatic heterocycles. The molecule has 38 heavy (non-hydrogen) atoms. The lowest BCUT2D eigenvalue weighted by atomic mass is 9.98. The average molecular weight is 533 g/mol. The van der Waals surface area contributed by atoms with Crippen LogP contribution >= 0.6 is 15.3 Å². The highest BCUT2D eigenvalue weighted by Gasteiger charge is 2.48. The van der Waals surface area contributed by atoms with E-state index in [1.165, 1.54) is 31.8 Å². The summed E-state index contributed by atoms with van der Waals surface area (Å²) < 4.78 is 0. The summed E-state index contributed by atoms with van der Waals surface area (Å²) in [5, 5.41) is 12.5. The molecule has 1 N–H and O–H groups in total. The number of benzene rings is 5. The van der Waals surface area contributed by atoms with Crippen LogP contribution in [-0.2, 0) is 0 Å². The van der Waals surface area contributed by atoms with Crippen LogP contribution in [0.4, 0.5) is 0 Å². The van der Waals surface area contributed by atoms with Crippen LogP contribution in [0.2, 0.25) is 0 Å². The summed E-state index contributed by atoms with van der Waals surface area (Å²) in [5.41, 5.74) is 0.132. The molecule has 1 nitrogen and oxygen atoms in total. The summed E-state index contributed by atoms with van der Waals surface area (Å²) in [4.78, 5) is 0. The summed E-state index contributed by atoms with van der Waals surface area (Å²) in [5.74, 6) is 0. The standard InChI is InChI=1S/C35H36NP2/c1-35(2,3)28-36-38(31-22-12-6-13-23-31,32-24-14-7-15-25-32)34-27-17-16-26-33(34)37(29-18-8-4-9-19-29)30-20-10-5-11-21-30/h4-27,36H,28H2,1-3H3/q+1. The van der Waals surface area contributed by atoms with E-state index in [4.69, 9.17) is 0 Å². The quantitative estimate of drug-likeness (QED) is 0.232. The molecule has 0 atom stereocenters. The topological polar surface area (TPSA) is 12.0 Å². The van der Waals surface area contributed by atoms with Gasteiger partial charge < -0.3 is 0 Å². The molecule has 190 valence electrons. The van der Waals surface area contributed by atoms with Crippen molar-refractivity contribution in [3.8, 4) is 0 Å². The van der Waals surface area contributed by atoms with E-state index in [2.05, 4.69) is 171 Å². The summed E-state index contributed by atoms with van der Waals surface area (Å²) in [6.07, 6.45) is 0. The molecular weight excluding hydrogens is 496 g/mol. The molecule has 0 bridgehead atoms. The van der Waals surface area contributed by atoms with E-state index in [0.29, 0.717) is 0 Å². The molecule has 0 amide bonds. The van der Waals surface area contributed by atoms with Gasteiger partial charge >= 0.3 is 0 Å². The Labute approximate surface area is 230 Å². The van der Waals surface area contributed by atoms with Crippen LogP contribution in [-0.4, -0.2) is 6.54 Å². The van der Waals surface area contributed by atoms with Crippen LogP contribution in [0.25, 0.3) is 0 Å². The van der Waals surface area contributed by atoms with Gasteiger partial charge in [0, 0.05) is 11.8 Å². The number of hydrogen-bond acceptors (Lipinski definition) is 1. The van der Waals surface area contributed by atoms with Gasteiger partial charge in [0.1, 0.15) is 15.9 Å². The number of nitrogens with one attached hydrogen (secondary N) is 1. The first-order chi connectivity index (χ1) is 18.5. The first-order valence-electron chi connectivity index (χ1n) is 13.2. The van der Waals surface area contributed by atoms with Gasteiger partial charge in [0.2, 0.25) is 0 Å². The molecule has 5 aromatic rings. The Balaban J connectivity index is 1.84. The van der Waals surface area contributed by atoms with E-state index < -0.39 is 15.3 Å². The van der Waals surface area contributed by atoms with E-state index in [1.54, 1.807) is 0 Å². The van der Waals surface area contributed by atoms with Gasteiger partial charge in [-0.05, 0) is 60.3 Å². The van der Waals surface area contributed by atoms with Gasteiger partial charge in [-0.3, -0.25) is 0 Å². The summed E-state index contributed by atoms with van der Waals surface area (Å²) in [6.45, 7) is 7.86. The fourth-order valence-corrected chi connectivity index (χ4v) is 12.0. The van der Waals surface area contributed by atoms with Gasteiger partial charge in [-0.2, -0.15) is 5.09 Å². The van der Waals surface area contributed by atoms with E-state index >= 15 is 0 Å². The maximum atomic E-state index is 4.24. The Kier molecular flexibility index (Phi) is 8.21. The lowest BCUT2D eigenvalue weighted by molar-refractivity contribution is 0.414. The molecule has 0 radical (unpaired) electrons. The predicted octanol–water partition coefficient (Wildman–Crippen LogP) is 6.29. The Morgan fingerprint density at radius 1 is 0.526 bits per heavy atom. The number of rotatable bonds is 8. The normalized spacial score (nSPS) is 12.0. The second-order valence-corrected chi connectivity index (χ2v) is 16.1. The zero-order valence-corrected chi connectivity index (χ0v) is 24.2. The fourth-order valence-electron chi connectivity index (χ4n) is 4.87. The van der Waals surface area contributed by atoms with Crippen LogP contribution in [0, 0.1) is 5.41 Å². The van der Waals surface area contributed by atoms with Crippen LogP contribution in [0.15, 0.2) is 146 Å². The Morgan fingerprint density at radius 2 is 0.921 bits per heavy atom. The van der Waals surface area contributed by atoms with Crippen molar-refractivity contribution in [2.24, 2.45) is 5.41 Å². The second-order valence-electron chi connectivity index (χ2n) is 10.7. The third kappa shape index (κ3) is 5.67. The highest BCUT2D eigenvalue weighted by atomic mass is 31.2. The SMILES string of the molecule is CC(C)(C)CN[P+](c1ccccc1)(c1ccccc1)c1ccccc1P(c1ccccc1)c1ccccc1. The second kappa shape index (κ2) is 11.8. The molecule has 0 saturated carbocycles. The van der Waals surface area contributed by atoms with Gasteiger partial charge in [-0.1, -0.05) is 130 Å². The van der Waals surface area contributed by atoms with Crippen molar-refractivity contribution in [1.29, 1.82) is 0 Å². The van der Waals surface area contributed by atoms with E-state index in [9.17, 15) is 0 Å². The third-order valence-corrected chi connectivity index (χ3v) is 13.2. The Morgan fingerprint density at radius 3 is 1.37 bits per heavy atom. The van der Waals surface area contributed by atoms with Crippen LogP contribution in [0.1, 0.15) is 20.8 Å². The molecule has 0 unspecified atom stereocenters. The molecule has 0 spiro atoms. The van der Waals surface area contributed by atoms with E-state index in [0.717, 1.165) is 6.54 Å². The smallest absolute Gasteiger partial charge is 0.178 e. The minimum absolute atomic E-state index is 0.132. The van der Waals surface area contributed by atoms with Crippen molar-refractivity contribution in [2.75, 3.05) is 6.54 Å². The predicted molar refractivity (Wildman–Crippen MR) is 171 cm³/mol. The zero-order chi connectivity index (χ0) is 26.4. The monoisotopic (exact) mass is 532 g/mol. The largest absolute Gasteiger partial charge is 0.179 e. The van der Waals surface area contributed by atoms with E-state index in [-0.39, 0.29) is 5.41 Å². The minimum atomic E-state index is -2.22. The van der Waals surface area contributed by atoms with Crippen molar-refractivity contribution in [3.63, 3.8) is 0 Å². The lowest BCUT2D eigenvalue weighted by Crippen LogP contribution is -2.48. The van der Waals surface area contributed by atoms with Crippen molar-refractivity contribution in [3.05, 3.63) is 146 Å². The summed E-state index contributed by atoms with van der Waals surface area (Å²) in [6, 6.07) is 53.6. The Hall–Kier alpha value is -3.08. The maximum Gasteiger partial charge on any atom is 0.179 e. The van der Waals surface area contributed by atoms with Gasteiger partial charge in [0.05, 0.1) is 0 Å². The zero-order valence-electron chi connectivity index (χ0n) is 22.5. The van der Waals surface area contributed by atoms with Gasteiger partial charge in [0.25, 0.3) is 0 Å². The van der Waals surface area contributed by atoms with Crippen LogP contribution in [0.3, 0.4) is 0 Å². The van der Waals surface area contributed by atoms with Crippen LogP contribution in [0.5, 0.6) is 0 Å². The van der Waals surface area contributed by atoms with Crippen molar-refractivity contribution < 1.29 is 0 Å². The maximum absolute atomic E-state index is 4.24. The highest BCUT2D eigenvalue weighted by Crippen LogP contribution is 2.53. The summed E-state index contributed by atoms with van der Waals surface area (Å²) >= 11 is 0. The molecule has 0 heterocycles. The Bertz CT molecular complexity index is 1350. The van der Waals surface area contributed by atoms with Gasteiger partial charge in [-0.25, -0.2) is 0 Å². The first-order valence-corrected chi connectivity index (χ1v) is 16.4. The molecular formula is C35H36NP2+. The van der Waals surface area contributed by atoms with Crippen LogP contribution < -0.4 is 36.9 Å². The van der Waals surface area contributed by atoms with E-state index in [1.807, 2.05) is 0 Å². The third-order valence-electron chi connectivity index (χ3n) is 6.65. The molecule has 0 aliphatic carbocycles. The van der Waals surface area contributed by atoms with Crippen molar-refractivity contribution in [1.82, 2.24) is 5.09 Å². The lowest BCUT2D eigenvalue weighted by Gasteiger charge is -2.33. The molecule has 0 saturated heterocycles. The molecule has 0 fully saturated rings. The molecule has 0 aliphatic rings. The fraction of sp³-hybridized carbons (Fsp3) is 0.143.